The normalized spacial score (nSPS) is 24.4. The second kappa shape index (κ2) is 12.9. The summed E-state index contributed by atoms with van der Waals surface area (Å²) in [5.41, 5.74) is 10.9. The molecule has 1 spiro atoms. The van der Waals surface area contributed by atoms with E-state index >= 15 is 0 Å². The molecule has 5 heteroatoms. The van der Waals surface area contributed by atoms with Crippen LogP contribution in [0.2, 0.25) is 0 Å². The summed E-state index contributed by atoms with van der Waals surface area (Å²) in [5, 5.41) is 2.49. The van der Waals surface area contributed by atoms with E-state index in [1.54, 1.807) is 19.8 Å². The number of methoxy groups -OCH3 is 2. The highest BCUT2D eigenvalue weighted by molar-refractivity contribution is 6.09. The van der Waals surface area contributed by atoms with Crippen molar-refractivity contribution in [2.24, 2.45) is 11.8 Å². The van der Waals surface area contributed by atoms with Crippen LogP contribution in [0.4, 0.5) is 5.69 Å². The number of hydrogen-bond acceptors (Lipinski definition) is 5. The van der Waals surface area contributed by atoms with Crippen molar-refractivity contribution in [2.75, 3.05) is 45.4 Å². The van der Waals surface area contributed by atoms with Gasteiger partial charge in [-0.15, -0.1) is 0 Å². The van der Waals surface area contributed by atoms with Gasteiger partial charge in [0, 0.05) is 51.7 Å². The van der Waals surface area contributed by atoms with E-state index in [0.29, 0.717) is 11.8 Å². The lowest BCUT2D eigenvalue weighted by atomic mass is 9.39. The monoisotopic (exact) mass is 731 g/mol. The summed E-state index contributed by atoms with van der Waals surface area (Å²) in [5.74, 6) is 3.87. The van der Waals surface area contributed by atoms with Crippen molar-refractivity contribution in [1.82, 2.24) is 0 Å². The molecule has 2 bridgehead atoms. The summed E-state index contributed by atoms with van der Waals surface area (Å²) in [6.45, 7) is 10.7. The highest BCUT2D eigenvalue weighted by Crippen LogP contribution is 2.70. The fourth-order valence-electron chi connectivity index (χ4n) is 12.3. The van der Waals surface area contributed by atoms with E-state index in [4.69, 9.17) is 18.9 Å². The molecule has 0 atom stereocenters. The number of hydrogen-bond donors (Lipinski definition) is 0. The Hall–Kier alpha value is -4.74. The molecule has 55 heavy (non-hydrogen) atoms. The van der Waals surface area contributed by atoms with Crippen molar-refractivity contribution in [3.05, 3.63) is 124 Å². The van der Waals surface area contributed by atoms with Crippen molar-refractivity contribution >= 4 is 22.5 Å². The molecule has 5 nitrogen and oxygen atoms in total. The van der Waals surface area contributed by atoms with Crippen LogP contribution in [-0.4, -0.2) is 40.5 Å². The number of rotatable bonds is 5. The number of fused-ring (bicyclic) bond motifs is 8. The van der Waals surface area contributed by atoms with E-state index in [1.807, 2.05) is 0 Å². The lowest BCUT2D eigenvalue weighted by Gasteiger charge is -2.64. The molecule has 0 aromatic heterocycles. The number of morpholine rings is 1. The zero-order chi connectivity index (χ0) is 37.5. The SMILES string of the molecule is COc1ccc(C2(c3ccc(OC)cc3)C=Cc3c4c(c5cc(C)c(N6CCOCC6)cc5c3O2)-c2ccccc2C(C)(C)C42C3CCCC2CCC3)cc1. The Balaban J connectivity index is 1.33. The maximum atomic E-state index is 7.90. The molecular formula is C50H53NO4. The van der Waals surface area contributed by atoms with Crippen molar-refractivity contribution in [3.8, 4) is 28.4 Å². The van der Waals surface area contributed by atoms with Gasteiger partial charge >= 0.3 is 0 Å². The largest absolute Gasteiger partial charge is 0.497 e. The first-order valence-electron chi connectivity index (χ1n) is 20.6. The summed E-state index contributed by atoms with van der Waals surface area (Å²) in [4.78, 5) is 2.51. The van der Waals surface area contributed by atoms with Gasteiger partial charge in [0.15, 0.2) is 5.60 Å². The van der Waals surface area contributed by atoms with Crippen LogP contribution in [0.3, 0.4) is 0 Å². The summed E-state index contributed by atoms with van der Waals surface area (Å²) < 4.78 is 25.0. The fourth-order valence-corrected chi connectivity index (χ4v) is 12.3. The van der Waals surface area contributed by atoms with E-state index < -0.39 is 5.60 Å². The molecule has 0 radical (unpaired) electrons. The average molecular weight is 732 g/mol. The first kappa shape index (κ1) is 34.7. The molecule has 1 saturated heterocycles. The third-order valence-corrected chi connectivity index (χ3v) is 14.6. The molecule has 5 aliphatic rings. The Morgan fingerprint density at radius 1 is 0.727 bits per heavy atom. The Morgan fingerprint density at radius 3 is 1.93 bits per heavy atom. The Kier molecular flexibility index (Phi) is 8.15. The zero-order valence-corrected chi connectivity index (χ0v) is 33.0. The van der Waals surface area contributed by atoms with E-state index in [1.165, 1.54) is 82.8 Å². The molecule has 10 rings (SSSR count). The zero-order valence-electron chi connectivity index (χ0n) is 33.0. The molecule has 2 heterocycles. The summed E-state index contributed by atoms with van der Waals surface area (Å²) in [7, 11) is 3.45. The topological polar surface area (TPSA) is 40.2 Å². The minimum atomic E-state index is -0.881. The molecule has 3 fully saturated rings. The number of anilines is 1. The third kappa shape index (κ3) is 4.87. The average Bonchev–Trinajstić information content (AvgIpc) is 3.22. The van der Waals surface area contributed by atoms with Crippen molar-refractivity contribution in [3.63, 3.8) is 0 Å². The molecule has 3 aliphatic carbocycles. The van der Waals surface area contributed by atoms with Crippen LogP contribution in [0.5, 0.6) is 17.2 Å². The van der Waals surface area contributed by atoms with E-state index in [9.17, 15) is 0 Å². The summed E-state index contributed by atoms with van der Waals surface area (Å²) in [6.07, 6.45) is 12.6. The fraction of sp³-hybridized carbons (Fsp3) is 0.400. The molecule has 0 amide bonds. The maximum Gasteiger partial charge on any atom is 0.178 e. The molecule has 282 valence electrons. The van der Waals surface area contributed by atoms with Gasteiger partial charge in [0.2, 0.25) is 0 Å². The Labute approximate surface area is 326 Å². The number of aryl methyl sites for hydroxylation is 1. The molecule has 5 aromatic rings. The third-order valence-electron chi connectivity index (χ3n) is 14.6. The highest BCUT2D eigenvalue weighted by atomic mass is 16.5. The Morgan fingerprint density at radius 2 is 1.33 bits per heavy atom. The van der Waals surface area contributed by atoms with Crippen LogP contribution >= 0.6 is 0 Å². The van der Waals surface area contributed by atoms with Crippen molar-refractivity contribution < 1.29 is 18.9 Å². The minimum Gasteiger partial charge on any atom is -0.497 e. The van der Waals surface area contributed by atoms with E-state index in [2.05, 4.69) is 123 Å². The molecular weight excluding hydrogens is 679 g/mol. The predicted octanol–water partition coefficient (Wildman–Crippen LogP) is 11.1. The smallest absolute Gasteiger partial charge is 0.178 e. The van der Waals surface area contributed by atoms with Crippen molar-refractivity contribution in [2.45, 2.75) is 75.7 Å². The maximum absolute atomic E-state index is 7.90. The predicted molar refractivity (Wildman–Crippen MR) is 223 cm³/mol. The van der Waals surface area contributed by atoms with Gasteiger partial charge in [0.05, 0.1) is 27.4 Å². The molecule has 0 unspecified atom stereocenters. The highest BCUT2D eigenvalue weighted by Gasteiger charge is 2.63. The van der Waals surface area contributed by atoms with Crippen LogP contribution in [0.1, 0.15) is 85.8 Å². The first-order chi connectivity index (χ1) is 26.8. The lowest BCUT2D eigenvalue weighted by molar-refractivity contribution is -0.00601. The van der Waals surface area contributed by atoms with E-state index in [0.717, 1.165) is 54.7 Å². The first-order valence-corrected chi connectivity index (χ1v) is 20.6. The molecule has 0 N–H and O–H groups in total. The molecule has 2 saturated carbocycles. The van der Waals surface area contributed by atoms with Crippen LogP contribution < -0.4 is 19.1 Å². The van der Waals surface area contributed by atoms with Gasteiger partial charge in [0.1, 0.15) is 17.2 Å². The number of benzene rings is 5. The van der Waals surface area contributed by atoms with Gasteiger partial charge in [0.25, 0.3) is 0 Å². The Bertz CT molecular complexity index is 2240. The quantitative estimate of drug-likeness (QED) is 0.180. The number of ether oxygens (including phenoxy) is 4. The van der Waals surface area contributed by atoms with Gasteiger partial charge in [-0.05, 0) is 120 Å². The van der Waals surface area contributed by atoms with Gasteiger partial charge in [-0.1, -0.05) is 81.3 Å². The second-order valence-corrected chi connectivity index (χ2v) is 17.2. The van der Waals surface area contributed by atoms with Crippen LogP contribution in [0.15, 0.2) is 91.0 Å². The molecule has 5 aromatic carbocycles. The van der Waals surface area contributed by atoms with Crippen LogP contribution in [0.25, 0.3) is 28.0 Å². The number of nitrogens with zero attached hydrogens (tertiary/aromatic N) is 1. The minimum absolute atomic E-state index is 0.0177. The lowest BCUT2D eigenvalue weighted by Crippen LogP contribution is -2.61. The summed E-state index contributed by atoms with van der Waals surface area (Å²) >= 11 is 0. The second-order valence-electron chi connectivity index (χ2n) is 17.2. The van der Waals surface area contributed by atoms with Gasteiger partial charge in [-0.2, -0.15) is 0 Å². The van der Waals surface area contributed by atoms with Crippen LogP contribution in [0, 0.1) is 18.8 Å². The van der Waals surface area contributed by atoms with E-state index in [-0.39, 0.29) is 10.8 Å². The van der Waals surface area contributed by atoms with Gasteiger partial charge in [-0.25, -0.2) is 0 Å². The molecule has 2 aliphatic heterocycles. The van der Waals surface area contributed by atoms with Gasteiger partial charge in [-0.3, -0.25) is 0 Å². The van der Waals surface area contributed by atoms with Gasteiger partial charge < -0.3 is 23.8 Å². The summed E-state index contributed by atoms with van der Waals surface area (Å²) in [6, 6.07) is 31.2. The van der Waals surface area contributed by atoms with Crippen molar-refractivity contribution in [1.29, 1.82) is 0 Å². The van der Waals surface area contributed by atoms with Crippen LogP contribution in [-0.2, 0) is 21.2 Å². The standard InChI is InChI=1S/C50H53NO4/c1-32-30-41-42(31-44(32)51-26-28-54-29-27-51)47-40(24-25-49(55-47,33-16-20-37(52-4)21-17-33)34-18-22-38(53-5)23-19-34)46-45(41)39-14-6-7-15-43(39)48(2,3)50(46)35-10-8-11-36(50)13-9-12-35/h6-7,14-25,30-31,35-36H,8-13,26-29H2,1-5H3.